The van der Waals surface area contributed by atoms with Gasteiger partial charge in [-0.15, -0.1) is 48.1 Å². The molecule has 0 saturated carbocycles. The first kappa shape index (κ1) is 36.7. The van der Waals surface area contributed by atoms with Gasteiger partial charge in [0.05, 0.1) is 6.85 Å². The van der Waals surface area contributed by atoms with Crippen LogP contribution in [0.4, 0.5) is 22.7 Å². The number of anilines is 4. The molecule has 0 radical (unpaired) electrons. The Labute approximate surface area is 422 Å². The molecule has 0 saturated heterocycles. The largest absolute Gasteiger partial charge is 0.509 e. The summed E-state index contributed by atoms with van der Waals surface area (Å²) in [4.78, 5) is 9.18. The summed E-state index contributed by atoms with van der Waals surface area (Å²) in [6.07, 6.45) is 1.29. The molecule has 0 bridgehead atoms. The van der Waals surface area contributed by atoms with Crippen LogP contribution in [0.15, 0.2) is 158 Å². The third-order valence-corrected chi connectivity index (χ3v) is 12.4. The summed E-state index contributed by atoms with van der Waals surface area (Å²) in [6.45, 7) is 19.3. The third kappa shape index (κ3) is 8.83. The molecule has 9 aromatic rings. The fourth-order valence-corrected chi connectivity index (χ4v) is 8.58. The summed E-state index contributed by atoms with van der Waals surface area (Å²) in [5.74, 6) is 1.07. The number of ether oxygens (including phenoxy) is 1. The topological polar surface area (TPSA) is 33.5 Å². The Bertz CT molecular complexity index is 3640. The molecule has 67 heavy (non-hydrogen) atoms. The van der Waals surface area contributed by atoms with E-state index < -0.39 is 37.1 Å². The van der Waals surface area contributed by atoms with Crippen LogP contribution in [-0.2, 0) is 37.3 Å². The second-order valence-corrected chi connectivity index (χ2v) is 20.2. The van der Waals surface area contributed by atoms with Gasteiger partial charge in [0.1, 0.15) is 5.82 Å². The zero-order chi connectivity index (χ0) is 53.0. The Morgan fingerprint density at radius 1 is 0.597 bits per heavy atom. The average Bonchev–Trinajstić information content (AvgIpc) is 3.90. The van der Waals surface area contributed by atoms with Gasteiger partial charge in [0, 0.05) is 71.0 Å². The van der Waals surface area contributed by atoms with Crippen molar-refractivity contribution in [1.82, 2.24) is 9.55 Å². The van der Waals surface area contributed by atoms with Crippen LogP contribution in [0.25, 0.3) is 49.9 Å². The predicted molar refractivity (Wildman–Crippen MR) is 276 cm³/mol. The molecule has 0 spiro atoms. The molecule has 0 aliphatic carbocycles. The Morgan fingerprint density at radius 3 is 2.01 bits per heavy atom. The van der Waals surface area contributed by atoms with Crippen LogP contribution in [-0.4, -0.2) is 9.55 Å². The van der Waals surface area contributed by atoms with Crippen molar-refractivity contribution in [3.8, 4) is 39.6 Å². The first-order chi connectivity index (χ1) is 34.8. The van der Waals surface area contributed by atoms with Gasteiger partial charge < -0.3 is 19.1 Å². The van der Waals surface area contributed by atoms with Crippen molar-refractivity contribution in [2.24, 2.45) is 0 Å². The molecule has 0 atom stereocenters. The Kier molecular flexibility index (Phi) is 9.49. The van der Waals surface area contributed by atoms with Crippen LogP contribution in [0.5, 0.6) is 11.5 Å². The maximum Gasteiger partial charge on any atom is 0.135 e. The van der Waals surface area contributed by atoms with Crippen LogP contribution in [0.2, 0.25) is 0 Å². The van der Waals surface area contributed by atoms with Crippen LogP contribution in [0.3, 0.4) is 0 Å². The molecule has 0 unspecified atom stereocenters. The molecule has 1 aliphatic rings. The molecule has 10 rings (SSSR count). The van der Waals surface area contributed by atoms with E-state index in [2.05, 4.69) is 158 Å². The molecule has 5 nitrogen and oxygen atoms in total. The van der Waals surface area contributed by atoms with Crippen molar-refractivity contribution in [2.75, 3.05) is 9.80 Å². The molecule has 0 N–H and O–H groups in total. The molecule has 0 fully saturated rings. The number of fused-ring (bicyclic) bond motifs is 4. The number of hydrogen-bond acceptors (Lipinski definition) is 4. The number of nitrogens with zero attached hydrogens (tertiary/aromatic N) is 4. The fraction of sp³-hybridized carbons (Fsp3) is 0.213. The third-order valence-electron chi connectivity index (χ3n) is 12.4. The van der Waals surface area contributed by atoms with E-state index in [9.17, 15) is 0 Å². The maximum absolute atomic E-state index is 8.68. The van der Waals surface area contributed by atoms with Gasteiger partial charge in [-0.05, 0) is 104 Å². The second kappa shape index (κ2) is 17.3. The van der Waals surface area contributed by atoms with Crippen LogP contribution in [0, 0.1) is 25.7 Å². The molecular formula is C61H57N4OPt-3. The van der Waals surface area contributed by atoms with Gasteiger partial charge in [0.2, 0.25) is 0 Å². The number of hydrogen-bond donors (Lipinski definition) is 0. The van der Waals surface area contributed by atoms with Crippen molar-refractivity contribution in [2.45, 2.75) is 85.4 Å². The van der Waals surface area contributed by atoms with Crippen molar-refractivity contribution in [3.05, 3.63) is 199 Å². The zero-order valence-corrected chi connectivity index (χ0v) is 41.5. The molecule has 0 amide bonds. The van der Waals surface area contributed by atoms with Crippen LogP contribution >= 0.6 is 0 Å². The minimum Gasteiger partial charge on any atom is -0.509 e. The minimum absolute atomic E-state index is 0. The predicted octanol–water partition coefficient (Wildman–Crippen LogP) is 16.5. The maximum atomic E-state index is 8.68. The van der Waals surface area contributed by atoms with E-state index in [0.717, 1.165) is 55.7 Å². The zero-order valence-electron chi connectivity index (χ0n) is 47.2. The van der Waals surface area contributed by atoms with Gasteiger partial charge in [-0.3, -0.25) is 0 Å². The Morgan fingerprint density at radius 2 is 1.31 bits per heavy atom. The number of aromatic nitrogens is 2. The van der Waals surface area contributed by atoms with E-state index in [1.54, 1.807) is 0 Å². The van der Waals surface area contributed by atoms with E-state index >= 15 is 0 Å². The first-order valence-electron chi connectivity index (χ1n) is 26.4. The summed E-state index contributed by atoms with van der Waals surface area (Å²) in [5.41, 5.74) is 10.0. The molecule has 1 aliphatic heterocycles. The monoisotopic (exact) mass is 1060 g/mol. The summed E-state index contributed by atoms with van der Waals surface area (Å²) in [7, 11) is 0. The number of rotatable bonds is 7. The van der Waals surface area contributed by atoms with E-state index in [1.165, 1.54) is 23.4 Å². The standard InChI is InChI=1S/C61H57N4O.Pt/c1-40-30-58(62-38-53(40)42-20-15-12-16-21-42)65-54-29-25-44(59(2,3)4)35-52(54)51-27-26-50(37-56(51)65)66-49-23-17-22-47(36-49)63-39-64(48-33-45(60(5,6)7)32-46(34-48)61(8,9)10)57-31-43(24-28-55(57)63)41-18-13-11-14-19-41;/h11-35,38-39H,1-10H3;/q-3;/i1D3,12D,15D,16D,20D,21D;. The first-order valence-corrected chi connectivity index (χ1v) is 22.4. The molecule has 3 heterocycles. The van der Waals surface area contributed by atoms with Crippen molar-refractivity contribution >= 4 is 44.6 Å². The van der Waals surface area contributed by atoms with Gasteiger partial charge in [-0.2, -0.15) is 12.1 Å². The Hall–Kier alpha value is -6.42. The van der Waals surface area contributed by atoms with Crippen molar-refractivity contribution in [3.63, 3.8) is 0 Å². The smallest absolute Gasteiger partial charge is 0.135 e. The van der Waals surface area contributed by atoms with Gasteiger partial charge in [-0.25, -0.2) is 4.98 Å². The van der Waals surface area contributed by atoms with E-state index in [1.807, 2.05) is 53.1 Å². The average molecular weight is 1070 g/mol. The quantitative estimate of drug-likeness (QED) is 0.149. The summed E-state index contributed by atoms with van der Waals surface area (Å²) in [5, 5.41) is 1.72. The molecule has 340 valence electrons. The van der Waals surface area contributed by atoms with Crippen molar-refractivity contribution in [1.29, 1.82) is 0 Å². The van der Waals surface area contributed by atoms with E-state index in [4.69, 9.17) is 20.7 Å². The van der Waals surface area contributed by atoms with Gasteiger partial charge in [-0.1, -0.05) is 153 Å². The van der Waals surface area contributed by atoms with Gasteiger partial charge in [0.25, 0.3) is 0 Å². The summed E-state index contributed by atoms with van der Waals surface area (Å²) >= 11 is 0. The summed E-state index contributed by atoms with van der Waals surface area (Å²) < 4.78 is 76.6. The second-order valence-electron chi connectivity index (χ2n) is 20.2. The normalized spacial score (nSPS) is 14.9. The van der Waals surface area contributed by atoms with Gasteiger partial charge in [0.15, 0.2) is 0 Å². The molecule has 7 aromatic carbocycles. The van der Waals surface area contributed by atoms with Crippen molar-refractivity contribution < 1.29 is 36.8 Å². The minimum atomic E-state index is -2.76. The number of pyridine rings is 1. The number of benzene rings is 7. The Balaban J connectivity index is 0.00000689. The van der Waals surface area contributed by atoms with Crippen LogP contribution in [0.1, 0.15) is 95.5 Å². The molecular weight excluding hydrogens is 1000 g/mol. The van der Waals surface area contributed by atoms with E-state index in [-0.39, 0.29) is 59.8 Å². The van der Waals surface area contributed by atoms with Crippen LogP contribution < -0.4 is 14.5 Å². The number of aryl methyl sites for hydroxylation is 1. The molecule has 6 heteroatoms. The summed E-state index contributed by atoms with van der Waals surface area (Å²) in [6, 6.07) is 45.4. The molecule has 2 aromatic heterocycles. The fourth-order valence-electron chi connectivity index (χ4n) is 8.58. The van der Waals surface area contributed by atoms with E-state index in [0.29, 0.717) is 17.0 Å². The van der Waals surface area contributed by atoms with Gasteiger partial charge >= 0.3 is 0 Å². The SMILES string of the molecule is [2H]c1c([2H])c([2H])c(-c2cnc(-n3c4[c-]c(Oc5[c-]c(N6[CH-]N(c7cc(C(C)(C)C)cc(C(C)(C)C)c7)c7cc(-c8ccccc8)ccc76)ccc5)ccc4c4cc(C(C)(C)C)ccc43)cc2C([2H])([2H])[2H])c([2H])c1[2H].[Pt].